The first kappa shape index (κ1) is 10.1. The number of hydrogen-bond donors (Lipinski definition) is 2. The molecule has 13 heavy (non-hydrogen) atoms. The lowest BCUT2D eigenvalue weighted by Gasteiger charge is -2.10. The van der Waals surface area contributed by atoms with Crippen LogP contribution in [0.3, 0.4) is 0 Å². The molecule has 0 radical (unpaired) electrons. The zero-order chi connectivity index (χ0) is 9.68. The molecule has 0 bridgehead atoms. The molecular formula is C9H14N2O2. The van der Waals surface area contributed by atoms with Gasteiger partial charge in [0.05, 0.1) is 24.9 Å². The Morgan fingerprint density at radius 1 is 1.69 bits per heavy atom. The van der Waals surface area contributed by atoms with Gasteiger partial charge < -0.3 is 15.6 Å². The normalized spacial score (nSPS) is 12.8. The Morgan fingerprint density at radius 2 is 2.46 bits per heavy atom. The summed E-state index contributed by atoms with van der Waals surface area (Å²) in [5.41, 5.74) is 7.32. The third-order valence-electron chi connectivity index (χ3n) is 1.75. The highest BCUT2D eigenvalue weighted by atomic mass is 16.5. The summed E-state index contributed by atoms with van der Waals surface area (Å²) in [6.45, 7) is 0.442. The second kappa shape index (κ2) is 4.91. The van der Waals surface area contributed by atoms with Crippen LogP contribution in [-0.4, -0.2) is 23.8 Å². The average molecular weight is 182 g/mol. The van der Waals surface area contributed by atoms with Crippen molar-refractivity contribution in [2.24, 2.45) is 5.73 Å². The number of nitrogens with two attached hydrogens (primary N) is 1. The number of nitrogens with zero attached hydrogens (tertiary/aromatic N) is 1. The van der Waals surface area contributed by atoms with Gasteiger partial charge in [-0.1, -0.05) is 0 Å². The minimum Gasteiger partial charge on any atom is -0.392 e. The fourth-order valence-electron chi connectivity index (χ4n) is 1.06. The average Bonchev–Trinajstić information content (AvgIpc) is 2.18. The Morgan fingerprint density at radius 3 is 3.08 bits per heavy atom. The van der Waals surface area contributed by atoms with Crippen molar-refractivity contribution in [3.63, 3.8) is 0 Å². The molecule has 3 N–H and O–H groups in total. The zero-order valence-corrected chi connectivity index (χ0v) is 7.60. The molecule has 0 aliphatic rings. The molecule has 1 atom stereocenters. The fourth-order valence-corrected chi connectivity index (χ4v) is 1.06. The summed E-state index contributed by atoms with van der Waals surface area (Å²) in [4.78, 5) is 4.09. The van der Waals surface area contributed by atoms with Crippen molar-refractivity contribution in [3.8, 4) is 0 Å². The minimum atomic E-state index is -0.225. The summed E-state index contributed by atoms with van der Waals surface area (Å²) < 4.78 is 4.90. The van der Waals surface area contributed by atoms with E-state index in [0.717, 1.165) is 11.3 Å². The maximum absolute atomic E-state index is 8.87. The Hall–Kier alpha value is -0.970. The van der Waals surface area contributed by atoms with E-state index in [1.165, 1.54) is 0 Å². The van der Waals surface area contributed by atoms with Crippen molar-refractivity contribution in [1.82, 2.24) is 4.98 Å². The van der Waals surface area contributed by atoms with E-state index in [4.69, 9.17) is 15.6 Å². The van der Waals surface area contributed by atoms with Gasteiger partial charge in [-0.15, -0.1) is 0 Å². The van der Waals surface area contributed by atoms with E-state index in [1.54, 1.807) is 25.4 Å². The van der Waals surface area contributed by atoms with Crippen LogP contribution in [0.15, 0.2) is 18.3 Å². The predicted molar refractivity (Wildman–Crippen MR) is 49.0 cm³/mol. The third kappa shape index (κ3) is 2.77. The highest BCUT2D eigenvalue weighted by molar-refractivity contribution is 5.17. The number of aromatic nitrogens is 1. The van der Waals surface area contributed by atoms with Crippen molar-refractivity contribution < 1.29 is 9.84 Å². The molecule has 4 nitrogen and oxygen atoms in total. The van der Waals surface area contributed by atoms with E-state index in [2.05, 4.69) is 4.98 Å². The van der Waals surface area contributed by atoms with Gasteiger partial charge in [0.2, 0.25) is 0 Å². The molecule has 0 saturated heterocycles. The molecule has 72 valence electrons. The third-order valence-corrected chi connectivity index (χ3v) is 1.75. The van der Waals surface area contributed by atoms with Crippen molar-refractivity contribution >= 4 is 0 Å². The molecule has 4 heteroatoms. The lowest BCUT2D eigenvalue weighted by Crippen LogP contribution is -2.17. The number of ether oxygens (including phenoxy) is 1. The van der Waals surface area contributed by atoms with E-state index in [-0.39, 0.29) is 12.6 Å². The number of pyridine rings is 1. The minimum absolute atomic E-state index is 0.00915. The molecule has 0 aliphatic heterocycles. The van der Waals surface area contributed by atoms with Gasteiger partial charge in [0.25, 0.3) is 0 Å². The van der Waals surface area contributed by atoms with E-state index in [0.29, 0.717) is 6.61 Å². The maximum atomic E-state index is 8.87. The molecule has 1 heterocycles. The molecular weight excluding hydrogens is 168 g/mol. The SMILES string of the molecule is COCC(N)c1cc(CO)ccn1. The molecule has 0 fully saturated rings. The van der Waals surface area contributed by atoms with Gasteiger partial charge in [-0.2, -0.15) is 0 Å². The number of rotatable bonds is 4. The van der Waals surface area contributed by atoms with Gasteiger partial charge in [0.15, 0.2) is 0 Å². The summed E-state index contributed by atoms with van der Waals surface area (Å²) in [5, 5.41) is 8.87. The highest BCUT2D eigenvalue weighted by Crippen LogP contribution is 2.09. The van der Waals surface area contributed by atoms with Crippen LogP contribution in [-0.2, 0) is 11.3 Å². The Kier molecular flexibility index (Phi) is 3.82. The van der Waals surface area contributed by atoms with E-state index in [9.17, 15) is 0 Å². The van der Waals surface area contributed by atoms with Gasteiger partial charge in [-0.05, 0) is 17.7 Å². The van der Waals surface area contributed by atoms with Gasteiger partial charge in [0.1, 0.15) is 0 Å². The van der Waals surface area contributed by atoms with Gasteiger partial charge in [0, 0.05) is 13.3 Å². The molecule has 0 amide bonds. The van der Waals surface area contributed by atoms with Crippen LogP contribution in [0, 0.1) is 0 Å². The fraction of sp³-hybridized carbons (Fsp3) is 0.444. The summed E-state index contributed by atoms with van der Waals surface area (Å²) in [5.74, 6) is 0. The van der Waals surface area contributed by atoms with Gasteiger partial charge >= 0.3 is 0 Å². The quantitative estimate of drug-likeness (QED) is 0.699. The summed E-state index contributed by atoms with van der Waals surface area (Å²) in [6, 6.07) is 3.31. The molecule has 0 spiro atoms. The van der Waals surface area contributed by atoms with Crippen LogP contribution in [0.25, 0.3) is 0 Å². The van der Waals surface area contributed by atoms with Crippen LogP contribution < -0.4 is 5.73 Å². The maximum Gasteiger partial charge on any atom is 0.0707 e. The van der Waals surface area contributed by atoms with Crippen LogP contribution in [0.4, 0.5) is 0 Å². The van der Waals surface area contributed by atoms with Crippen molar-refractivity contribution in [1.29, 1.82) is 0 Å². The van der Waals surface area contributed by atoms with Crippen LogP contribution in [0.2, 0.25) is 0 Å². The van der Waals surface area contributed by atoms with E-state index in [1.807, 2.05) is 0 Å². The first-order chi connectivity index (χ1) is 6.27. The number of hydrogen-bond acceptors (Lipinski definition) is 4. The Labute approximate surface area is 77.4 Å². The van der Waals surface area contributed by atoms with Crippen LogP contribution >= 0.6 is 0 Å². The molecule has 0 aliphatic carbocycles. The standard InChI is InChI=1S/C9H14N2O2/c1-13-6-8(10)9-4-7(5-12)2-3-11-9/h2-4,8,12H,5-6,10H2,1H3. The summed E-state index contributed by atoms with van der Waals surface area (Å²) in [7, 11) is 1.59. The molecule has 0 saturated carbocycles. The van der Waals surface area contributed by atoms with Crippen molar-refractivity contribution in [3.05, 3.63) is 29.6 Å². The van der Waals surface area contributed by atoms with Crippen LogP contribution in [0.5, 0.6) is 0 Å². The van der Waals surface area contributed by atoms with Crippen molar-refractivity contribution in [2.45, 2.75) is 12.6 Å². The lowest BCUT2D eigenvalue weighted by atomic mass is 10.1. The molecule has 1 aromatic rings. The molecule has 0 aromatic carbocycles. The first-order valence-corrected chi connectivity index (χ1v) is 4.08. The van der Waals surface area contributed by atoms with E-state index >= 15 is 0 Å². The number of aliphatic hydroxyl groups excluding tert-OH is 1. The largest absolute Gasteiger partial charge is 0.392 e. The topological polar surface area (TPSA) is 68.4 Å². The molecule has 1 aromatic heterocycles. The summed E-state index contributed by atoms with van der Waals surface area (Å²) in [6.07, 6.45) is 1.64. The lowest BCUT2D eigenvalue weighted by molar-refractivity contribution is 0.179. The Balaban J connectivity index is 2.75. The second-order valence-electron chi connectivity index (χ2n) is 2.81. The van der Waals surface area contributed by atoms with Crippen LogP contribution in [0.1, 0.15) is 17.3 Å². The number of aliphatic hydroxyl groups is 1. The van der Waals surface area contributed by atoms with Gasteiger partial charge in [-0.3, -0.25) is 4.98 Å². The highest BCUT2D eigenvalue weighted by Gasteiger charge is 2.06. The first-order valence-electron chi connectivity index (χ1n) is 4.08. The Bertz CT molecular complexity index is 266. The zero-order valence-electron chi connectivity index (χ0n) is 7.60. The monoisotopic (exact) mass is 182 g/mol. The second-order valence-corrected chi connectivity index (χ2v) is 2.81. The molecule has 1 unspecified atom stereocenters. The van der Waals surface area contributed by atoms with Crippen molar-refractivity contribution in [2.75, 3.05) is 13.7 Å². The smallest absolute Gasteiger partial charge is 0.0707 e. The van der Waals surface area contributed by atoms with E-state index < -0.39 is 0 Å². The number of methoxy groups -OCH3 is 1. The predicted octanol–water partition coefficient (Wildman–Crippen LogP) is 0.220. The van der Waals surface area contributed by atoms with Gasteiger partial charge in [-0.25, -0.2) is 0 Å². The molecule has 1 rings (SSSR count). The summed E-state index contributed by atoms with van der Waals surface area (Å²) >= 11 is 0.